The quantitative estimate of drug-likeness (QED) is 0.900. The van der Waals surface area contributed by atoms with Gasteiger partial charge in [0.15, 0.2) is 0 Å². The third kappa shape index (κ3) is 2.16. The molecule has 0 aliphatic carbocycles. The molecule has 5 heteroatoms. The monoisotopic (exact) mass is 248 g/mol. The average Bonchev–Trinajstić information content (AvgIpc) is 2.64. The lowest BCUT2D eigenvalue weighted by Gasteiger charge is -2.06. The highest BCUT2D eigenvalue weighted by Crippen LogP contribution is 2.24. The highest BCUT2D eigenvalue weighted by molar-refractivity contribution is 5.79. The molecule has 0 aliphatic heterocycles. The van der Waals surface area contributed by atoms with Crippen LogP contribution in [-0.2, 0) is 11.3 Å². The second-order valence-corrected chi connectivity index (χ2v) is 4.32. The minimum atomic E-state index is -0.831. The van der Waals surface area contributed by atoms with Crippen LogP contribution in [0.2, 0.25) is 0 Å². The average molecular weight is 248 g/mol. The predicted molar refractivity (Wildman–Crippen MR) is 68.0 cm³/mol. The molecule has 0 saturated carbocycles. The van der Waals surface area contributed by atoms with Gasteiger partial charge in [0.1, 0.15) is 0 Å². The molecule has 0 atom stereocenters. The number of hydrogen-bond acceptors (Lipinski definition) is 3. The van der Waals surface area contributed by atoms with Crippen LogP contribution in [0.15, 0.2) is 12.1 Å². The van der Waals surface area contributed by atoms with Crippen molar-refractivity contribution in [2.45, 2.75) is 26.8 Å². The van der Waals surface area contributed by atoms with Gasteiger partial charge in [-0.3, -0.25) is 9.36 Å². The molecule has 0 saturated heterocycles. The maximum absolute atomic E-state index is 10.7. The summed E-state index contributed by atoms with van der Waals surface area (Å²) in [5.41, 5.74) is 4.06. The number of nitrogens with zero attached hydrogens (tertiary/aromatic N) is 2. The Labute approximate surface area is 105 Å². The van der Waals surface area contributed by atoms with E-state index in [2.05, 4.69) is 4.98 Å². The van der Waals surface area contributed by atoms with Crippen molar-refractivity contribution in [2.75, 3.05) is 7.11 Å². The van der Waals surface area contributed by atoms with Gasteiger partial charge in [-0.2, -0.15) is 4.98 Å². The molecule has 5 nitrogen and oxygen atoms in total. The van der Waals surface area contributed by atoms with E-state index in [9.17, 15) is 4.79 Å². The van der Waals surface area contributed by atoms with E-state index in [0.717, 1.165) is 22.2 Å². The Bertz CT molecular complexity index is 602. The summed E-state index contributed by atoms with van der Waals surface area (Å²) in [4.78, 5) is 15.0. The largest absolute Gasteiger partial charge is 0.481 e. The van der Waals surface area contributed by atoms with Crippen molar-refractivity contribution in [2.24, 2.45) is 0 Å². The number of aliphatic carboxylic acids is 1. The number of ether oxygens (including phenoxy) is 1. The Morgan fingerprint density at radius 3 is 2.67 bits per heavy atom. The lowest BCUT2D eigenvalue weighted by Crippen LogP contribution is -2.06. The third-order valence-corrected chi connectivity index (χ3v) is 3.06. The standard InChI is InChI=1S/C13H16N2O3/c1-8-6-10-11(7-9(8)2)15(5-4-12(16)17)13(14-10)18-3/h6-7H,4-5H2,1-3H3,(H,16,17). The molecule has 1 N–H and O–H groups in total. The molecule has 0 aliphatic rings. The highest BCUT2D eigenvalue weighted by atomic mass is 16.5. The van der Waals surface area contributed by atoms with Crippen molar-refractivity contribution in [3.8, 4) is 6.01 Å². The Hall–Kier alpha value is -2.04. The van der Waals surface area contributed by atoms with Gasteiger partial charge in [-0.1, -0.05) is 0 Å². The first kappa shape index (κ1) is 12.4. The Kier molecular flexibility index (Phi) is 3.23. The van der Waals surface area contributed by atoms with Gasteiger partial charge in [0, 0.05) is 6.54 Å². The van der Waals surface area contributed by atoms with Crippen LogP contribution in [0.5, 0.6) is 6.01 Å². The number of aryl methyl sites for hydroxylation is 3. The van der Waals surface area contributed by atoms with E-state index in [1.807, 2.05) is 26.0 Å². The number of carboxylic acid groups (broad SMARTS) is 1. The molecular formula is C13H16N2O3. The summed E-state index contributed by atoms with van der Waals surface area (Å²) in [6.45, 7) is 4.41. The van der Waals surface area contributed by atoms with Crippen molar-refractivity contribution >= 4 is 17.0 Å². The summed E-state index contributed by atoms with van der Waals surface area (Å²) in [5.74, 6) is -0.831. The molecule has 2 aromatic rings. The summed E-state index contributed by atoms with van der Waals surface area (Å²) in [5, 5.41) is 8.77. The lowest BCUT2D eigenvalue weighted by molar-refractivity contribution is -0.137. The Balaban J connectivity index is 2.53. The van der Waals surface area contributed by atoms with E-state index in [1.54, 1.807) is 4.57 Å². The molecule has 0 bridgehead atoms. The summed E-state index contributed by atoms with van der Waals surface area (Å²) in [6, 6.07) is 4.46. The fourth-order valence-corrected chi connectivity index (χ4v) is 1.94. The second kappa shape index (κ2) is 4.68. The molecule has 0 radical (unpaired) electrons. The zero-order chi connectivity index (χ0) is 13.3. The molecule has 0 unspecified atom stereocenters. The van der Waals surface area contributed by atoms with Gasteiger partial charge in [0.2, 0.25) is 0 Å². The van der Waals surface area contributed by atoms with Crippen molar-refractivity contribution in [1.29, 1.82) is 0 Å². The van der Waals surface area contributed by atoms with Crippen molar-refractivity contribution < 1.29 is 14.6 Å². The van der Waals surface area contributed by atoms with Crippen LogP contribution in [0.3, 0.4) is 0 Å². The first-order valence-corrected chi connectivity index (χ1v) is 5.76. The predicted octanol–water partition coefficient (Wildman–Crippen LogP) is 2.14. The molecule has 1 aromatic carbocycles. The van der Waals surface area contributed by atoms with Crippen LogP contribution in [-0.4, -0.2) is 27.7 Å². The smallest absolute Gasteiger partial charge is 0.305 e. The van der Waals surface area contributed by atoms with Gasteiger partial charge in [0.25, 0.3) is 6.01 Å². The molecule has 2 rings (SSSR count). The van der Waals surface area contributed by atoms with Crippen LogP contribution < -0.4 is 4.74 Å². The maximum Gasteiger partial charge on any atom is 0.305 e. The van der Waals surface area contributed by atoms with Crippen molar-refractivity contribution in [3.63, 3.8) is 0 Å². The highest BCUT2D eigenvalue weighted by Gasteiger charge is 2.13. The molecule has 1 heterocycles. The minimum Gasteiger partial charge on any atom is -0.481 e. The van der Waals surface area contributed by atoms with Gasteiger partial charge < -0.3 is 9.84 Å². The first-order chi connectivity index (χ1) is 8.52. The van der Waals surface area contributed by atoms with Crippen LogP contribution in [0.4, 0.5) is 0 Å². The van der Waals surface area contributed by atoms with Gasteiger partial charge in [0.05, 0.1) is 24.6 Å². The number of carboxylic acids is 1. The first-order valence-electron chi connectivity index (χ1n) is 5.76. The number of fused-ring (bicyclic) bond motifs is 1. The van der Waals surface area contributed by atoms with Gasteiger partial charge in [-0.05, 0) is 37.1 Å². The molecule has 18 heavy (non-hydrogen) atoms. The second-order valence-electron chi connectivity index (χ2n) is 4.32. The molecule has 1 aromatic heterocycles. The number of aromatic nitrogens is 2. The zero-order valence-electron chi connectivity index (χ0n) is 10.7. The van der Waals surface area contributed by atoms with E-state index >= 15 is 0 Å². The van der Waals surface area contributed by atoms with E-state index in [1.165, 1.54) is 7.11 Å². The topological polar surface area (TPSA) is 64.4 Å². The normalized spacial score (nSPS) is 10.8. The Morgan fingerprint density at radius 2 is 2.06 bits per heavy atom. The van der Waals surface area contributed by atoms with Crippen molar-refractivity contribution in [3.05, 3.63) is 23.3 Å². The summed E-state index contributed by atoms with van der Waals surface area (Å²) >= 11 is 0. The van der Waals surface area contributed by atoms with Crippen molar-refractivity contribution in [1.82, 2.24) is 9.55 Å². The van der Waals surface area contributed by atoms with E-state index in [4.69, 9.17) is 9.84 Å². The number of methoxy groups -OCH3 is 1. The number of imidazole rings is 1. The van der Waals surface area contributed by atoms with Crippen LogP contribution in [0.25, 0.3) is 11.0 Å². The summed E-state index contributed by atoms with van der Waals surface area (Å²) < 4.78 is 7.00. The molecule has 96 valence electrons. The number of hydrogen-bond donors (Lipinski definition) is 1. The SMILES string of the molecule is COc1nc2cc(C)c(C)cc2n1CCC(=O)O. The Morgan fingerprint density at radius 1 is 1.39 bits per heavy atom. The zero-order valence-corrected chi connectivity index (χ0v) is 10.7. The molecule has 0 fully saturated rings. The maximum atomic E-state index is 10.7. The fourth-order valence-electron chi connectivity index (χ4n) is 1.94. The van der Waals surface area contributed by atoms with Gasteiger partial charge in [-0.15, -0.1) is 0 Å². The number of benzene rings is 1. The van der Waals surface area contributed by atoms with E-state index in [-0.39, 0.29) is 6.42 Å². The molecule has 0 spiro atoms. The van der Waals surface area contributed by atoms with Gasteiger partial charge >= 0.3 is 5.97 Å². The third-order valence-electron chi connectivity index (χ3n) is 3.06. The number of rotatable bonds is 4. The number of carbonyl (C=O) groups is 1. The van der Waals surface area contributed by atoms with Crippen LogP contribution in [0.1, 0.15) is 17.5 Å². The van der Waals surface area contributed by atoms with Crippen LogP contribution >= 0.6 is 0 Å². The minimum absolute atomic E-state index is 0.0503. The van der Waals surface area contributed by atoms with Gasteiger partial charge in [-0.25, -0.2) is 0 Å². The summed E-state index contributed by atoms with van der Waals surface area (Å²) in [6.07, 6.45) is 0.0503. The fraction of sp³-hybridized carbons (Fsp3) is 0.385. The van der Waals surface area contributed by atoms with E-state index < -0.39 is 5.97 Å². The van der Waals surface area contributed by atoms with Crippen LogP contribution in [0, 0.1) is 13.8 Å². The lowest BCUT2D eigenvalue weighted by atomic mass is 10.1. The molecular weight excluding hydrogens is 232 g/mol. The summed E-state index contributed by atoms with van der Waals surface area (Å²) in [7, 11) is 1.54. The molecule has 0 amide bonds. The van der Waals surface area contributed by atoms with E-state index in [0.29, 0.717) is 12.6 Å².